The second-order valence-electron chi connectivity index (χ2n) is 5.03. The summed E-state index contributed by atoms with van der Waals surface area (Å²) in [5.74, 6) is 1.19. The van der Waals surface area contributed by atoms with Crippen molar-refractivity contribution in [3.8, 4) is 17.2 Å². The molecule has 0 aliphatic carbocycles. The molecule has 0 atom stereocenters. The zero-order valence-electron chi connectivity index (χ0n) is 12.9. The Labute approximate surface area is 133 Å². The summed E-state index contributed by atoms with van der Waals surface area (Å²) in [7, 11) is 3.14. The first-order valence-electron chi connectivity index (χ1n) is 7.13. The predicted octanol–water partition coefficient (Wildman–Crippen LogP) is 2.17. The third kappa shape index (κ3) is 3.11. The number of rotatable bonds is 5. The van der Waals surface area contributed by atoms with E-state index in [1.807, 2.05) is 12.1 Å². The molecule has 0 bridgehead atoms. The molecule has 0 aliphatic heterocycles. The van der Waals surface area contributed by atoms with Crippen LogP contribution in [0.15, 0.2) is 53.6 Å². The summed E-state index contributed by atoms with van der Waals surface area (Å²) < 4.78 is 12.0. The number of pyridine rings is 1. The van der Waals surface area contributed by atoms with Crippen molar-refractivity contribution < 1.29 is 9.47 Å². The normalized spacial score (nSPS) is 10.5. The maximum atomic E-state index is 12.2. The minimum absolute atomic E-state index is 0.129. The molecular weight excluding hydrogens is 294 g/mol. The first-order valence-corrected chi connectivity index (χ1v) is 7.13. The molecule has 3 rings (SSSR count). The van der Waals surface area contributed by atoms with Crippen LogP contribution in [0.25, 0.3) is 5.69 Å². The Kier molecular flexibility index (Phi) is 4.14. The zero-order valence-corrected chi connectivity index (χ0v) is 12.9. The van der Waals surface area contributed by atoms with Crippen molar-refractivity contribution in [1.29, 1.82) is 0 Å². The van der Waals surface area contributed by atoms with E-state index in [-0.39, 0.29) is 5.56 Å². The van der Waals surface area contributed by atoms with E-state index in [1.165, 1.54) is 4.68 Å². The van der Waals surface area contributed by atoms with E-state index >= 15 is 0 Å². The van der Waals surface area contributed by atoms with E-state index in [9.17, 15) is 4.79 Å². The van der Waals surface area contributed by atoms with E-state index in [4.69, 9.17) is 9.47 Å². The standard InChI is InChI=1S/C17H17N3O3/c1-22-15-6-5-14(10-16(15)23-2)20-17(21)9-13(19-20)8-12-4-3-7-18-11-12/h3-7,9-11,19H,8H2,1-2H3. The van der Waals surface area contributed by atoms with Gasteiger partial charge in [-0.3, -0.25) is 14.9 Å². The van der Waals surface area contributed by atoms with E-state index in [2.05, 4.69) is 10.1 Å². The summed E-state index contributed by atoms with van der Waals surface area (Å²) in [6.45, 7) is 0. The molecule has 0 saturated heterocycles. The lowest BCUT2D eigenvalue weighted by Gasteiger charge is -2.09. The second kappa shape index (κ2) is 6.39. The average Bonchev–Trinajstić information content (AvgIpc) is 2.95. The number of hydrogen-bond acceptors (Lipinski definition) is 4. The van der Waals surface area contributed by atoms with Crippen molar-refractivity contribution in [2.24, 2.45) is 0 Å². The van der Waals surface area contributed by atoms with Crippen molar-refractivity contribution in [2.75, 3.05) is 14.2 Å². The molecule has 2 heterocycles. The Hall–Kier alpha value is -3.02. The summed E-state index contributed by atoms with van der Waals surface area (Å²) in [6, 6.07) is 10.8. The van der Waals surface area contributed by atoms with Crippen LogP contribution in [0.4, 0.5) is 0 Å². The van der Waals surface area contributed by atoms with Crippen LogP contribution in [0.2, 0.25) is 0 Å². The number of methoxy groups -OCH3 is 2. The van der Waals surface area contributed by atoms with Gasteiger partial charge in [-0.2, -0.15) is 0 Å². The van der Waals surface area contributed by atoms with Gasteiger partial charge in [0.05, 0.1) is 19.9 Å². The van der Waals surface area contributed by atoms with Gasteiger partial charge in [0.1, 0.15) is 0 Å². The van der Waals surface area contributed by atoms with Crippen LogP contribution in [0, 0.1) is 0 Å². The molecule has 0 radical (unpaired) electrons. The molecule has 0 fully saturated rings. The SMILES string of the molecule is COc1ccc(-n2[nH]c(Cc3cccnc3)cc2=O)cc1OC. The van der Waals surface area contributed by atoms with Crippen LogP contribution >= 0.6 is 0 Å². The third-order valence-electron chi connectivity index (χ3n) is 3.52. The number of benzene rings is 1. The van der Waals surface area contributed by atoms with Gasteiger partial charge in [-0.1, -0.05) is 6.07 Å². The molecule has 118 valence electrons. The molecule has 0 unspecified atom stereocenters. The van der Waals surface area contributed by atoms with Crippen LogP contribution < -0.4 is 15.0 Å². The van der Waals surface area contributed by atoms with Crippen LogP contribution in [0.3, 0.4) is 0 Å². The average molecular weight is 311 g/mol. The lowest BCUT2D eigenvalue weighted by Crippen LogP contribution is -2.13. The Morgan fingerprint density at radius 2 is 1.96 bits per heavy atom. The maximum Gasteiger partial charge on any atom is 0.271 e. The first kappa shape index (κ1) is 14.9. The molecule has 1 N–H and O–H groups in total. The van der Waals surface area contributed by atoms with Crippen molar-refractivity contribution in [1.82, 2.24) is 14.8 Å². The van der Waals surface area contributed by atoms with Crippen LogP contribution in [0.5, 0.6) is 11.5 Å². The molecular formula is C17H17N3O3. The number of nitrogens with zero attached hydrogens (tertiary/aromatic N) is 2. The highest BCUT2D eigenvalue weighted by Crippen LogP contribution is 2.28. The Morgan fingerprint density at radius 1 is 1.13 bits per heavy atom. The molecule has 1 aromatic carbocycles. The van der Waals surface area contributed by atoms with E-state index in [0.29, 0.717) is 23.6 Å². The van der Waals surface area contributed by atoms with E-state index in [0.717, 1.165) is 11.3 Å². The lowest BCUT2D eigenvalue weighted by atomic mass is 10.2. The third-order valence-corrected chi connectivity index (χ3v) is 3.52. The number of aromatic nitrogens is 3. The van der Waals surface area contributed by atoms with Gasteiger partial charge >= 0.3 is 0 Å². The van der Waals surface area contributed by atoms with Gasteiger partial charge in [-0.15, -0.1) is 0 Å². The Morgan fingerprint density at radius 3 is 2.65 bits per heavy atom. The van der Waals surface area contributed by atoms with Crippen molar-refractivity contribution in [3.63, 3.8) is 0 Å². The van der Waals surface area contributed by atoms with Crippen LogP contribution in [0.1, 0.15) is 11.3 Å². The van der Waals surface area contributed by atoms with Gasteiger partial charge in [0, 0.05) is 36.6 Å². The fourth-order valence-electron chi connectivity index (χ4n) is 2.41. The highest BCUT2D eigenvalue weighted by atomic mass is 16.5. The first-order chi connectivity index (χ1) is 11.2. The fraction of sp³-hybridized carbons (Fsp3) is 0.176. The fourth-order valence-corrected chi connectivity index (χ4v) is 2.41. The number of aromatic amines is 1. The smallest absolute Gasteiger partial charge is 0.271 e. The highest BCUT2D eigenvalue weighted by molar-refractivity contribution is 5.48. The van der Waals surface area contributed by atoms with Gasteiger partial charge in [-0.25, -0.2) is 4.68 Å². The Balaban J connectivity index is 1.93. The topological polar surface area (TPSA) is 69.1 Å². The van der Waals surface area contributed by atoms with Gasteiger partial charge < -0.3 is 9.47 Å². The largest absolute Gasteiger partial charge is 0.493 e. The number of hydrogen-bond donors (Lipinski definition) is 1. The summed E-state index contributed by atoms with van der Waals surface area (Å²) in [6.07, 6.45) is 4.12. The molecule has 2 aromatic heterocycles. The molecule has 23 heavy (non-hydrogen) atoms. The minimum Gasteiger partial charge on any atom is -0.493 e. The summed E-state index contributed by atoms with van der Waals surface area (Å²) in [5.41, 5.74) is 2.41. The summed E-state index contributed by atoms with van der Waals surface area (Å²) >= 11 is 0. The van der Waals surface area contributed by atoms with Crippen molar-refractivity contribution in [3.05, 3.63) is 70.4 Å². The molecule has 0 spiro atoms. The highest BCUT2D eigenvalue weighted by Gasteiger charge is 2.10. The monoisotopic (exact) mass is 311 g/mol. The van der Waals surface area contributed by atoms with Gasteiger partial charge in [0.2, 0.25) is 0 Å². The van der Waals surface area contributed by atoms with Crippen LogP contribution in [-0.4, -0.2) is 29.0 Å². The molecule has 0 amide bonds. The van der Waals surface area contributed by atoms with Crippen molar-refractivity contribution in [2.45, 2.75) is 6.42 Å². The summed E-state index contributed by atoms with van der Waals surface area (Å²) in [4.78, 5) is 16.3. The lowest BCUT2D eigenvalue weighted by molar-refractivity contribution is 0.354. The predicted molar refractivity (Wildman–Crippen MR) is 86.5 cm³/mol. The minimum atomic E-state index is -0.129. The van der Waals surface area contributed by atoms with E-state index in [1.54, 1.807) is 50.9 Å². The van der Waals surface area contributed by atoms with Crippen molar-refractivity contribution >= 4 is 0 Å². The molecule has 0 aliphatic rings. The van der Waals surface area contributed by atoms with E-state index < -0.39 is 0 Å². The molecule has 3 aromatic rings. The number of H-pyrrole nitrogens is 1. The maximum absolute atomic E-state index is 12.2. The number of ether oxygens (including phenoxy) is 2. The second-order valence-corrected chi connectivity index (χ2v) is 5.03. The molecule has 0 saturated carbocycles. The Bertz CT molecular complexity index is 853. The zero-order chi connectivity index (χ0) is 16.2. The molecule has 6 heteroatoms. The quantitative estimate of drug-likeness (QED) is 0.784. The molecule has 6 nitrogen and oxygen atoms in total. The van der Waals surface area contributed by atoms with Gasteiger partial charge in [-0.05, 0) is 23.8 Å². The summed E-state index contributed by atoms with van der Waals surface area (Å²) in [5, 5.41) is 3.12. The van der Waals surface area contributed by atoms with Gasteiger partial charge in [0.25, 0.3) is 5.56 Å². The van der Waals surface area contributed by atoms with Gasteiger partial charge in [0.15, 0.2) is 11.5 Å². The van der Waals surface area contributed by atoms with Crippen LogP contribution in [-0.2, 0) is 6.42 Å². The number of nitrogens with one attached hydrogen (secondary N) is 1.